The van der Waals surface area contributed by atoms with Crippen molar-refractivity contribution in [3.8, 4) is 52.4 Å². The van der Waals surface area contributed by atoms with E-state index in [1.165, 1.54) is 12.1 Å². The van der Waals surface area contributed by atoms with Crippen LogP contribution in [0.25, 0.3) is 0 Å². The molecule has 17 nitrogen and oxygen atoms in total. The first-order valence-corrected chi connectivity index (χ1v) is 22.9. The number of fused-ring (bicyclic) bond motifs is 4. The van der Waals surface area contributed by atoms with Gasteiger partial charge in [0.05, 0.1) is 32.2 Å². The van der Waals surface area contributed by atoms with Gasteiger partial charge >= 0.3 is 12.1 Å². The summed E-state index contributed by atoms with van der Waals surface area (Å²) in [4.78, 5) is 72.2. The number of para-hydroxylation sites is 2. The number of methoxy groups -OCH3 is 3. The van der Waals surface area contributed by atoms with Gasteiger partial charge in [-0.05, 0) is 42.0 Å². The molecule has 5 aromatic rings. The number of rotatable bonds is 9. The number of ketones is 2. The number of hydrogen-bond donors (Lipinski definition) is 4. The molecule has 19 heteroatoms. The van der Waals surface area contributed by atoms with Crippen molar-refractivity contribution in [1.82, 2.24) is 16.0 Å². The normalized spacial score (nSPS) is 15.1. The summed E-state index contributed by atoms with van der Waals surface area (Å²) in [6.07, 6.45) is 0. The number of ether oxygens (including phenoxy) is 5. The van der Waals surface area contributed by atoms with Crippen molar-refractivity contribution in [3.05, 3.63) is 158 Å². The SMILES string of the molecule is COc1ccc(CNC(=O)NC(=O)C(C)(C)[C@H]2c3ccccc3Oc3cc(OC)ccc32)cc1.COc1ccc2c(c1)Oc1ccccc1[C@@H]2C(C)(C)C(=O)NC(N)=O.N#CC1=C(C#N)C(=O)C(Cl)=C(Cl)C1=O. The summed E-state index contributed by atoms with van der Waals surface area (Å²) in [6.45, 7) is 7.52. The standard InChI is InChI=1S/C27H28N2O5.C19H20N2O4.C8Cl2N2O2/c1-27(2,25(30)29-26(31)28-16-17-9-11-18(32-3)12-10-17)24-20-7-5-6-8-22(20)34-23-15-19(33-4)13-14-21(23)24;1-19(2,17(22)21-18(20)23)16-12-6-4-5-7-14(12)25-15-10-11(24-3)8-9-13(15)16;9-5-6(10)8(14)4(2-12)3(1-11)7(5)13/h5-15,24H,16H2,1-4H3,(H2,28,29,30,31);4-10,16H,1-3H3,(H3,20,21,22,23);/t24-;16-;/m00./s1. The van der Waals surface area contributed by atoms with E-state index in [1.54, 1.807) is 41.2 Å². The fourth-order valence-electron chi connectivity index (χ4n) is 8.32. The third-order valence-electron chi connectivity index (χ3n) is 12.2. The molecule has 3 aliphatic rings. The Hall–Kier alpha value is -8.64. The first-order valence-electron chi connectivity index (χ1n) is 22.1. The molecule has 374 valence electrons. The number of carbonyl (C=O) groups excluding carboxylic acids is 6. The lowest BCUT2D eigenvalue weighted by Gasteiger charge is -2.38. The van der Waals surface area contributed by atoms with Crippen LogP contribution in [0.5, 0.6) is 40.2 Å². The number of allylic oxidation sites excluding steroid dienone is 4. The lowest BCUT2D eigenvalue weighted by atomic mass is 9.69. The molecule has 5 N–H and O–H groups in total. The number of nitrogens with one attached hydrogen (secondary N) is 3. The van der Waals surface area contributed by atoms with Crippen LogP contribution in [-0.4, -0.2) is 56.8 Å². The predicted octanol–water partition coefficient (Wildman–Crippen LogP) is 9.32. The summed E-state index contributed by atoms with van der Waals surface area (Å²) in [5.74, 6) is 1.43. The Morgan fingerprint density at radius 2 is 0.973 bits per heavy atom. The van der Waals surface area contributed by atoms with E-state index in [0.29, 0.717) is 34.5 Å². The fraction of sp³-hybridized carbons (Fsp3) is 0.222. The average molecular weight is 1030 g/mol. The molecule has 5 aromatic carbocycles. The van der Waals surface area contributed by atoms with E-state index in [0.717, 1.165) is 33.6 Å². The Morgan fingerprint density at radius 1 is 0.589 bits per heavy atom. The molecule has 1 aliphatic carbocycles. The molecule has 0 spiro atoms. The zero-order valence-corrected chi connectivity index (χ0v) is 42.0. The third-order valence-corrected chi connectivity index (χ3v) is 13.0. The molecule has 2 heterocycles. The highest BCUT2D eigenvalue weighted by atomic mass is 35.5. The van der Waals surface area contributed by atoms with Crippen molar-refractivity contribution in [1.29, 1.82) is 10.5 Å². The highest BCUT2D eigenvalue weighted by molar-refractivity contribution is 6.59. The van der Waals surface area contributed by atoms with Crippen molar-refractivity contribution in [2.75, 3.05) is 21.3 Å². The van der Waals surface area contributed by atoms with E-state index in [-0.39, 0.29) is 24.3 Å². The molecular weight excluding hydrogens is 980 g/mol. The van der Waals surface area contributed by atoms with Crippen molar-refractivity contribution >= 4 is 58.6 Å². The minimum absolute atomic E-state index is 0.284. The van der Waals surface area contributed by atoms with Gasteiger partial charge in [-0.3, -0.25) is 29.8 Å². The summed E-state index contributed by atoms with van der Waals surface area (Å²) < 4.78 is 27.9. The van der Waals surface area contributed by atoms with Crippen molar-refractivity contribution in [3.63, 3.8) is 0 Å². The minimum atomic E-state index is -0.958. The lowest BCUT2D eigenvalue weighted by Crippen LogP contribution is -2.47. The molecule has 0 saturated carbocycles. The first kappa shape index (κ1) is 53.7. The molecule has 8 rings (SSSR count). The summed E-state index contributed by atoms with van der Waals surface area (Å²) in [6, 6.07) is 35.1. The smallest absolute Gasteiger partial charge is 0.321 e. The second kappa shape index (κ2) is 22.6. The molecule has 6 amide bonds. The number of nitriles is 2. The van der Waals surface area contributed by atoms with Crippen LogP contribution in [0.15, 0.2) is 130 Å². The van der Waals surface area contributed by atoms with Gasteiger partial charge in [0.15, 0.2) is 0 Å². The van der Waals surface area contributed by atoms with Crippen molar-refractivity contribution in [2.24, 2.45) is 16.6 Å². The summed E-state index contributed by atoms with van der Waals surface area (Å²) in [5, 5.41) is 23.5. The predicted molar refractivity (Wildman–Crippen MR) is 268 cm³/mol. The van der Waals surface area contributed by atoms with Crippen LogP contribution in [0.3, 0.4) is 0 Å². The highest BCUT2D eigenvalue weighted by Gasteiger charge is 2.45. The molecule has 0 unspecified atom stereocenters. The quantitative estimate of drug-likeness (QED) is 0.100. The summed E-state index contributed by atoms with van der Waals surface area (Å²) >= 11 is 10.8. The van der Waals surface area contributed by atoms with Gasteiger partial charge in [0.1, 0.15) is 73.6 Å². The molecule has 73 heavy (non-hydrogen) atoms. The maximum Gasteiger partial charge on any atom is 0.321 e. The van der Waals surface area contributed by atoms with Gasteiger partial charge in [-0.25, -0.2) is 9.59 Å². The number of benzene rings is 5. The van der Waals surface area contributed by atoms with Gasteiger partial charge < -0.3 is 34.7 Å². The number of amides is 6. The number of carbonyl (C=O) groups is 6. The largest absolute Gasteiger partial charge is 0.497 e. The molecular formula is C54H48Cl2N6O11. The Morgan fingerprint density at radius 3 is 1.37 bits per heavy atom. The zero-order valence-electron chi connectivity index (χ0n) is 40.5. The van der Waals surface area contributed by atoms with Gasteiger partial charge in [-0.2, -0.15) is 10.5 Å². The number of nitrogens with zero attached hydrogens (tertiary/aromatic N) is 2. The van der Waals surface area contributed by atoms with Crippen LogP contribution in [0, 0.1) is 33.5 Å². The average Bonchev–Trinajstić information content (AvgIpc) is 3.38. The maximum atomic E-state index is 13.4. The van der Waals surface area contributed by atoms with Crippen LogP contribution >= 0.6 is 23.2 Å². The van der Waals surface area contributed by atoms with Crippen LogP contribution in [0.1, 0.15) is 67.3 Å². The second-order valence-corrected chi connectivity index (χ2v) is 18.2. The fourth-order valence-corrected chi connectivity index (χ4v) is 8.68. The number of halogens is 2. The molecule has 2 aliphatic heterocycles. The van der Waals surface area contributed by atoms with E-state index in [2.05, 4.69) is 16.0 Å². The van der Waals surface area contributed by atoms with E-state index in [4.69, 9.17) is 63.1 Å². The van der Waals surface area contributed by atoms with Crippen LogP contribution < -0.4 is 45.4 Å². The van der Waals surface area contributed by atoms with Gasteiger partial charge in [0.2, 0.25) is 23.4 Å². The molecule has 0 radical (unpaired) electrons. The minimum Gasteiger partial charge on any atom is -0.497 e. The van der Waals surface area contributed by atoms with Gasteiger partial charge in [-0.15, -0.1) is 0 Å². The Balaban J connectivity index is 0.000000195. The second-order valence-electron chi connectivity index (χ2n) is 17.5. The van der Waals surface area contributed by atoms with Crippen LogP contribution in [0.2, 0.25) is 0 Å². The molecule has 0 fully saturated rings. The van der Waals surface area contributed by atoms with Crippen LogP contribution in [-0.2, 0) is 25.7 Å². The van der Waals surface area contributed by atoms with Crippen LogP contribution in [0.4, 0.5) is 9.59 Å². The van der Waals surface area contributed by atoms with Gasteiger partial charge in [0, 0.05) is 52.8 Å². The van der Waals surface area contributed by atoms with Crippen molar-refractivity contribution < 1.29 is 52.5 Å². The Labute approximate surface area is 430 Å². The number of nitrogens with two attached hydrogens (primary N) is 1. The lowest BCUT2D eigenvalue weighted by molar-refractivity contribution is -0.129. The van der Waals surface area contributed by atoms with E-state index >= 15 is 0 Å². The summed E-state index contributed by atoms with van der Waals surface area (Å²) in [5.41, 5.74) is 6.49. The number of imide groups is 2. The number of urea groups is 2. The maximum absolute atomic E-state index is 13.4. The molecule has 0 aromatic heterocycles. The van der Waals surface area contributed by atoms with E-state index < -0.39 is 61.6 Å². The van der Waals surface area contributed by atoms with Gasteiger partial charge in [0.25, 0.3) is 0 Å². The number of Topliss-reactive ketones (excluding diaryl/α,β-unsaturated/α-hetero) is 2. The first-order chi connectivity index (χ1) is 34.7. The topological polar surface area (TPSA) is 258 Å². The van der Waals surface area contributed by atoms with Crippen molar-refractivity contribution in [2.45, 2.75) is 46.1 Å². The zero-order chi connectivity index (χ0) is 53.4. The highest BCUT2D eigenvalue weighted by Crippen LogP contribution is 2.54. The number of primary amides is 1. The monoisotopic (exact) mass is 1030 g/mol. The third kappa shape index (κ3) is 11.4. The number of hydrogen-bond acceptors (Lipinski definition) is 13. The summed E-state index contributed by atoms with van der Waals surface area (Å²) in [7, 11) is 4.78. The molecule has 0 saturated heterocycles. The Bertz CT molecular complexity index is 3150. The molecule has 0 bridgehead atoms. The van der Waals surface area contributed by atoms with Gasteiger partial charge in [-0.1, -0.05) is 112 Å². The Kier molecular flexibility index (Phi) is 16.6. The van der Waals surface area contributed by atoms with E-state index in [1.807, 2.05) is 117 Å². The molecule has 2 atom stereocenters. The van der Waals surface area contributed by atoms with E-state index in [9.17, 15) is 28.8 Å².